The number of rotatable bonds is 12. The summed E-state index contributed by atoms with van der Waals surface area (Å²) >= 11 is 0. The van der Waals surface area contributed by atoms with Crippen molar-refractivity contribution < 1.29 is 14.6 Å². The Morgan fingerprint density at radius 2 is 1.38 bits per heavy atom. The van der Waals surface area contributed by atoms with Crippen LogP contribution < -0.4 is 9.47 Å². The zero-order valence-electron chi connectivity index (χ0n) is 19.5. The van der Waals surface area contributed by atoms with E-state index >= 15 is 0 Å². The average Bonchev–Trinajstić information content (AvgIpc) is 2.86. The monoisotopic (exact) mass is 433 g/mol. The molecule has 0 spiro atoms. The molecule has 3 rings (SSSR count). The lowest BCUT2D eigenvalue weighted by molar-refractivity contribution is 0.0712. The van der Waals surface area contributed by atoms with Gasteiger partial charge in [-0.3, -0.25) is 0 Å². The van der Waals surface area contributed by atoms with Crippen LogP contribution in [0.25, 0.3) is 0 Å². The topological polar surface area (TPSA) is 41.9 Å². The molecule has 1 unspecified atom stereocenters. The highest BCUT2D eigenvalue weighted by Crippen LogP contribution is 2.35. The minimum atomic E-state index is -1.08. The van der Waals surface area contributed by atoms with Gasteiger partial charge in [-0.25, -0.2) is 0 Å². The summed E-state index contributed by atoms with van der Waals surface area (Å²) in [7, 11) is 1.67. The summed E-state index contributed by atoms with van der Waals surface area (Å²) in [6, 6.07) is 25.8. The standard InChI is InChI=1S/C28H35NO3/c1-4-29(5-2)21-22-32-27-17-13-25(14-18-27)28(30,24-9-7-6-8-10-24)20-19-23-11-15-26(31-3)16-12-23/h6-18,30H,4-5,19-22H2,1-3H3. The van der Waals surface area contributed by atoms with Crippen molar-refractivity contribution in [3.8, 4) is 11.5 Å². The molecule has 0 fully saturated rings. The van der Waals surface area contributed by atoms with E-state index in [-0.39, 0.29) is 0 Å². The maximum atomic E-state index is 11.8. The van der Waals surface area contributed by atoms with Crippen molar-refractivity contribution in [2.75, 3.05) is 33.4 Å². The number of methoxy groups -OCH3 is 1. The number of ether oxygens (including phenoxy) is 2. The van der Waals surface area contributed by atoms with Crippen molar-refractivity contribution in [2.24, 2.45) is 0 Å². The molecule has 0 bridgehead atoms. The maximum absolute atomic E-state index is 11.8. The fourth-order valence-corrected chi connectivity index (χ4v) is 3.95. The molecule has 0 aliphatic rings. The highest BCUT2D eigenvalue weighted by atomic mass is 16.5. The lowest BCUT2D eigenvalue weighted by atomic mass is 9.81. The predicted octanol–water partition coefficient (Wildman–Crippen LogP) is 5.28. The van der Waals surface area contributed by atoms with Gasteiger partial charge in [0, 0.05) is 6.54 Å². The molecule has 0 amide bonds. The van der Waals surface area contributed by atoms with Gasteiger partial charge in [0.25, 0.3) is 0 Å². The van der Waals surface area contributed by atoms with Crippen LogP contribution in [0.5, 0.6) is 11.5 Å². The number of aliphatic hydroxyl groups is 1. The number of hydrogen-bond donors (Lipinski definition) is 1. The summed E-state index contributed by atoms with van der Waals surface area (Å²) in [5.74, 6) is 1.66. The molecule has 4 nitrogen and oxygen atoms in total. The smallest absolute Gasteiger partial charge is 0.119 e. The van der Waals surface area contributed by atoms with E-state index in [2.05, 4.69) is 30.9 Å². The first-order chi connectivity index (χ1) is 15.6. The van der Waals surface area contributed by atoms with E-state index in [9.17, 15) is 5.11 Å². The van der Waals surface area contributed by atoms with Crippen molar-refractivity contribution in [1.29, 1.82) is 0 Å². The van der Waals surface area contributed by atoms with Gasteiger partial charge in [0.15, 0.2) is 0 Å². The van der Waals surface area contributed by atoms with Crippen LogP contribution in [0, 0.1) is 0 Å². The lowest BCUT2D eigenvalue weighted by Gasteiger charge is -2.30. The van der Waals surface area contributed by atoms with E-state index in [4.69, 9.17) is 9.47 Å². The highest BCUT2D eigenvalue weighted by Gasteiger charge is 2.31. The zero-order valence-corrected chi connectivity index (χ0v) is 19.5. The summed E-state index contributed by atoms with van der Waals surface area (Å²) < 4.78 is 11.2. The molecule has 0 aliphatic heterocycles. The first-order valence-corrected chi connectivity index (χ1v) is 11.5. The van der Waals surface area contributed by atoms with Gasteiger partial charge in [0.2, 0.25) is 0 Å². The number of hydrogen-bond acceptors (Lipinski definition) is 4. The Morgan fingerprint density at radius 1 is 0.781 bits per heavy atom. The Morgan fingerprint density at radius 3 is 1.97 bits per heavy atom. The zero-order chi connectivity index (χ0) is 22.8. The minimum absolute atomic E-state index is 0.575. The molecule has 0 radical (unpaired) electrons. The van der Waals surface area contributed by atoms with E-state index in [1.807, 2.05) is 66.7 Å². The largest absolute Gasteiger partial charge is 0.497 e. The van der Waals surface area contributed by atoms with Crippen LogP contribution in [0.2, 0.25) is 0 Å². The molecule has 1 atom stereocenters. The Hall–Kier alpha value is -2.82. The maximum Gasteiger partial charge on any atom is 0.119 e. The summed E-state index contributed by atoms with van der Waals surface area (Å²) in [5, 5.41) is 11.8. The second-order valence-electron chi connectivity index (χ2n) is 7.97. The van der Waals surface area contributed by atoms with Crippen LogP contribution in [-0.2, 0) is 12.0 Å². The number of benzene rings is 3. The number of aryl methyl sites for hydroxylation is 1. The third-order valence-corrected chi connectivity index (χ3v) is 6.09. The molecule has 0 saturated heterocycles. The molecular weight excluding hydrogens is 398 g/mol. The molecule has 170 valence electrons. The van der Waals surface area contributed by atoms with Gasteiger partial charge in [-0.15, -0.1) is 0 Å². The predicted molar refractivity (Wildman–Crippen MR) is 130 cm³/mol. The Labute approximate surface area is 192 Å². The molecule has 0 saturated carbocycles. The first-order valence-electron chi connectivity index (χ1n) is 11.5. The first kappa shape index (κ1) is 23.8. The van der Waals surface area contributed by atoms with Gasteiger partial charge in [-0.1, -0.05) is 68.4 Å². The molecule has 0 aliphatic carbocycles. The van der Waals surface area contributed by atoms with Crippen molar-refractivity contribution in [1.82, 2.24) is 4.90 Å². The van der Waals surface area contributed by atoms with Crippen LogP contribution in [0.3, 0.4) is 0 Å². The average molecular weight is 434 g/mol. The second kappa shape index (κ2) is 11.7. The van der Waals surface area contributed by atoms with Crippen LogP contribution in [0.4, 0.5) is 0 Å². The SMILES string of the molecule is CCN(CC)CCOc1ccc(C(O)(CCc2ccc(OC)cc2)c2ccccc2)cc1. The van der Waals surface area contributed by atoms with Crippen LogP contribution in [0.15, 0.2) is 78.9 Å². The van der Waals surface area contributed by atoms with E-state index in [1.165, 1.54) is 0 Å². The van der Waals surface area contributed by atoms with Gasteiger partial charge in [0.05, 0.1) is 7.11 Å². The van der Waals surface area contributed by atoms with Crippen molar-refractivity contribution in [2.45, 2.75) is 32.3 Å². The molecule has 0 heterocycles. The minimum Gasteiger partial charge on any atom is -0.497 e. The van der Waals surface area contributed by atoms with Gasteiger partial charge in [-0.05, 0) is 66.9 Å². The molecular formula is C28H35NO3. The van der Waals surface area contributed by atoms with Gasteiger partial charge >= 0.3 is 0 Å². The fraction of sp³-hybridized carbons (Fsp3) is 0.357. The number of nitrogens with zero attached hydrogens (tertiary/aromatic N) is 1. The lowest BCUT2D eigenvalue weighted by Crippen LogP contribution is -2.28. The normalized spacial score (nSPS) is 13.0. The molecule has 1 N–H and O–H groups in total. The van der Waals surface area contributed by atoms with Gasteiger partial charge < -0.3 is 19.5 Å². The van der Waals surface area contributed by atoms with Crippen LogP contribution >= 0.6 is 0 Å². The molecule has 0 aromatic heterocycles. The fourth-order valence-electron chi connectivity index (χ4n) is 3.95. The Bertz CT molecular complexity index is 921. The van der Waals surface area contributed by atoms with E-state index in [1.54, 1.807) is 7.11 Å². The van der Waals surface area contributed by atoms with Crippen molar-refractivity contribution in [3.05, 3.63) is 95.6 Å². The summed E-state index contributed by atoms with van der Waals surface area (Å²) in [6.45, 7) is 7.93. The summed E-state index contributed by atoms with van der Waals surface area (Å²) in [4.78, 5) is 2.34. The van der Waals surface area contributed by atoms with Gasteiger partial charge in [0.1, 0.15) is 23.7 Å². The van der Waals surface area contributed by atoms with E-state index < -0.39 is 5.60 Å². The Balaban J connectivity index is 1.74. The third kappa shape index (κ3) is 6.12. The van der Waals surface area contributed by atoms with Crippen LogP contribution in [0.1, 0.15) is 37.0 Å². The van der Waals surface area contributed by atoms with Crippen molar-refractivity contribution in [3.63, 3.8) is 0 Å². The molecule has 32 heavy (non-hydrogen) atoms. The highest BCUT2D eigenvalue weighted by molar-refractivity contribution is 5.39. The summed E-state index contributed by atoms with van der Waals surface area (Å²) in [6.07, 6.45) is 1.32. The van der Waals surface area contributed by atoms with Gasteiger partial charge in [-0.2, -0.15) is 0 Å². The summed E-state index contributed by atoms with van der Waals surface area (Å²) in [5.41, 5.74) is 1.84. The molecule has 3 aromatic rings. The Kier molecular flexibility index (Phi) is 8.72. The second-order valence-corrected chi connectivity index (χ2v) is 7.97. The molecule has 3 aromatic carbocycles. The van der Waals surface area contributed by atoms with Crippen LogP contribution in [-0.4, -0.2) is 43.4 Å². The van der Waals surface area contributed by atoms with Crippen molar-refractivity contribution >= 4 is 0 Å². The third-order valence-electron chi connectivity index (χ3n) is 6.09. The molecule has 4 heteroatoms. The number of likely N-dealkylation sites (N-methyl/N-ethyl adjacent to an activating group) is 1. The van der Waals surface area contributed by atoms with E-state index in [0.717, 1.165) is 54.2 Å². The quantitative estimate of drug-likeness (QED) is 0.422. The van der Waals surface area contributed by atoms with E-state index in [0.29, 0.717) is 13.0 Å².